The maximum absolute atomic E-state index is 11.9. The van der Waals surface area contributed by atoms with Gasteiger partial charge in [-0.1, -0.05) is 23.9 Å². The highest BCUT2D eigenvalue weighted by Crippen LogP contribution is 2.27. The zero-order valence-corrected chi connectivity index (χ0v) is 13.6. The summed E-state index contributed by atoms with van der Waals surface area (Å²) in [5, 5.41) is 0.863. The number of fused-ring (bicyclic) bond motifs is 1. The molecule has 0 aliphatic carbocycles. The fourth-order valence-electron chi connectivity index (χ4n) is 2.93. The van der Waals surface area contributed by atoms with Gasteiger partial charge in [0.25, 0.3) is 5.24 Å². The number of benzene rings is 2. The average molecular weight is 337 g/mol. The zero-order valence-electron chi connectivity index (χ0n) is 12.8. The molecule has 1 saturated heterocycles. The zero-order chi connectivity index (χ0) is 16.7. The van der Waals surface area contributed by atoms with Gasteiger partial charge in [-0.2, -0.15) is 0 Å². The number of carbonyl (C=O) groups excluding carboxylic acids is 2. The van der Waals surface area contributed by atoms with Crippen LogP contribution in [0.1, 0.15) is 5.56 Å². The molecule has 4 rings (SSSR count). The van der Waals surface area contributed by atoms with Gasteiger partial charge in [0.05, 0.1) is 17.8 Å². The predicted molar refractivity (Wildman–Crippen MR) is 96.1 cm³/mol. The molecule has 0 spiro atoms. The fourth-order valence-corrected chi connectivity index (χ4v) is 3.66. The Hall–Kier alpha value is -2.73. The van der Waals surface area contributed by atoms with E-state index in [1.165, 1.54) is 4.90 Å². The molecule has 0 unspecified atom stereocenters. The third kappa shape index (κ3) is 2.45. The number of anilines is 1. The number of nitrogens with zero attached hydrogens (tertiary/aromatic N) is 2. The van der Waals surface area contributed by atoms with Gasteiger partial charge in [0.15, 0.2) is 0 Å². The minimum Gasteiger partial charge on any atom is -0.399 e. The minimum absolute atomic E-state index is 0.125. The number of nitrogens with two attached hydrogens (primary N) is 1. The SMILES string of the molecule is Nc1ccc(-n2ccc3c(CN4C(=O)CSC4=O)cccc32)cc1. The highest BCUT2D eigenvalue weighted by Gasteiger charge is 2.30. The normalized spacial score (nSPS) is 14.8. The van der Waals surface area contributed by atoms with Gasteiger partial charge >= 0.3 is 0 Å². The van der Waals surface area contributed by atoms with E-state index < -0.39 is 0 Å². The number of hydrogen-bond acceptors (Lipinski definition) is 4. The average Bonchev–Trinajstić information content (AvgIpc) is 3.15. The molecule has 2 N–H and O–H groups in total. The second kappa shape index (κ2) is 5.72. The van der Waals surface area contributed by atoms with Gasteiger partial charge in [0, 0.05) is 23.0 Å². The van der Waals surface area contributed by atoms with E-state index in [2.05, 4.69) is 4.57 Å². The van der Waals surface area contributed by atoms with Crippen LogP contribution in [0, 0.1) is 0 Å². The summed E-state index contributed by atoms with van der Waals surface area (Å²) in [6.07, 6.45) is 1.99. The summed E-state index contributed by atoms with van der Waals surface area (Å²) >= 11 is 1.06. The van der Waals surface area contributed by atoms with E-state index in [1.807, 2.05) is 54.7 Å². The van der Waals surface area contributed by atoms with Crippen LogP contribution >= 0.6 is 11.8 Å². The molecule has 5 nitrogen and oxygen atoms in total. The van der Waals surface area contributed by atoms with Crippen LogP contribution < -0.4 is 5.73 Å². The molecule has 120 valence electrons. The first-order valence-electron chi connectivity index (χ1n) is 7.55. The van der Waals surface area contributed by atoms with Crippen molar-refractivity contribution in [1.82, 2.24) is 9.47 Å². The Morgan fingerprint density at radius 2 is 1.83 bits per heavy atom. The van der Waals surface area contributed by atoms with Gasteiger partial charge in [-0.15, -0.1) is 0 Å². The minimum atomic E-state index is -0.171. The van der Waals surface area contributed by atoms with Crippen LogP contribution in [0.25, 0.3) is 16.6 Å². The molecule has 6 heteroatoms. The van der Waals surface area contributed by atoms with Crippen molar-refractivity contribution in [2.75, 3.05) is 11.5 Å². The molecular formula is C18H15N3O2S. The Bertz CT molecular complexity index is 931. The van der Waals surface area contributed by atoms with Crippen molar-refractivity contribution in [2.45, 2.75) is 6.54 Å². The number of rotatable bonds is 3. The number of thioether (sulfide) groups is 1. The summed E-state index contributed by atoms with van der Waals surface area (Å²) in [5.41, 5.74) is 9.48. The van der Waals surface area contributed by atoms with Crippen LogP contribution in [0.3, 0.4) is 0 Å². The molecule has 0 atom stereocenters. The van der Waals surface area contributed by atoms with Crippen LogP contribution in [0.5, 0.6) is 0 Å². The topological polar surface area (TPSA) is 68.3 Å². The number of carbonyl (C=O) groups is 2. The first kappa shape index (κ1) is 14.8. The van der Waals surface area contributed by atoms with Gasteiger partial charge in [0.1, 0.15) is 0 Å². The van der Waals surface area contributed by atoms with Crippen LogP contribution in [0.4, 0.5) is 10.5 Å². The van der Waals surface area contributed by atoms with E-state index in [1.54, 1.807) is 0 Å². The molecule has 1 aliphatic rings. The monoisotopic (exact) mass is 337 g/mol. The van der Waals surface area contributed by atoms with Crippen LogP contribution in [0.15, 0.2) is 54.7 Å². The Morgan fingerprint density at radius 1 is 1.04 bits per heavy atom. The Kier molecular flexibility index (Phi) is 3.54. The van der Waals surface area contributed by atoms with Crippen molar-refractivity contribution in [3.8, 4) is 5.69 Å². The summed E-state index contributed by atoms with van der Waals surface area (Å²) in [7, 11) is 0. The smallest absolute Gasteiger partial charge is 0.289 e. The molecule has 2 heterocycles. The maximum atomic E-state index is 11.9. The second-order valence-electron chi connectivity index (χ2n) is 5.66. The summed E-state index contributed by atoms with van der Waals surface area (Å²) in [4.78, 5) is 25.0. The molecule has 3 aromatic rings. The molecule has 0 radical (unpaired) electrons. The predicted octanol–water partition coefficient (Wildman–Crippen LogP) is 3.41. The standard InChI is InChI=1S/C18H15N3O2S/c19-13-4-6-14(7-5-13)20-9-8-15-12(2-1-3-16(15)20)10-21-17(22)11-24-18(21)23/h1-9H,10-11,19H2. The van der Waals surface area contributed by atoms with E-state index in [9.17, 15) is 9.59 Å². The Labute approximate surface area is 143 Å². The number of aromatic nitrogens is 1. The van der Waals surface area contributed by atoms with Crippen LogP contribution in [-0.2, 0) is 11.3 Å². The van der Waals surface area contributed by atoms with Crippen molar-refractivity contribution >= 4 is 39.5 Å². The fraction of sp³-hybridized carbons (Fsp3) is 0.111. The second-order valence-corrected chi connectivity index (χ2v) is 6.59. The molecule has 1 aromatic heterocycles. The van der Waals surface area contributed by atoms with Gasteiger partial charge in [-0.25, -0.2) is 0 Å². The number of amides is 2. The van der Waals surface area contributed by atoms with E-state index in [0.717, 1.165) is 39.6 Å². The third-order valence-electron chi connectivity index (χ3n) is 4.16. The van der Waals surface area contributed by atoms with Gasteiger partial charge < -0.3 is 10.3 Å². The first-order chi connectivity index (χ1) is 11.6. The molecule has 1 aliphatic heterocycles. The molecule has 0 saturated carbocycles. The summed E-state index contributed by atoms with van der Waals surface area (Å²) in [6.45, 7) is 0.313. The largest absolute Gasteiger partial charge is 0.399 e. The Morgan fingerprint density at radius 3 is 2.54 bits per heavy atom. The van der Waals surface area contributed by atoms with Crippen molar-refractivity contribution in [1.29, 1.82) is 0 Å². The molecule has 0 bridgehead atoms. The maximum Gasteiger partial charge on any atom is 0.289 e. The molecule has 2 amide bonds. The van der Waals surface area contributed by atoms with Crippen molar-refractivity contribution in [2.24, 2.45) is 0 Å². The van der Waals surface area contributed by atoms with E-state index >= 15 is 0 Å². The molecule has 1 fully saturated rings. The third-order valence-corrected chi connectivity index (χ3v) is 5.02. The lowest BCUT2D eigenvalue weighted by atomic mass is 10.1. The van der Waals surface area contributed by atoms with E-state index in [0.29, 0.717) is 6.54 Å². The number of nitrogen functional groups attached to an aromatic ring is 1. The first-order valence-corrected chi connectivity index (χ1v) is 8.54. The van der Waals surface area contributed by atoms with E-state index in [4.69, 9.17) is 5.73 Å². The van der Waals surface area contributed by atoms with Crippen LogP contribution in [-0.4, -0.2) is 26.4 Å². The van der Waals surface area contributed by atoms with Gasteiger partial charge in [0.2, 0.25) is 5.91 Å². The van der Waals surface area contributed by atoms with Crippen LogP contribution in [0.2, 0.25) is 0 Å². The van der Waals surface area contributed by atoms with Gasteiger partial charge in [-0.3, -0.25) is 14.5 Å². The van der Waals surface area contributed by atoms with Crippen molar-refractivity contribution < 1.29 is 9.59 Å². The highest BCUT2D eigenvalue weighted by molar-refractivity contribution is 8.14. The quantitative estimate of drug-likeness (QED) is 0.744. The van der Waals surface area contributed by atoms with Crippen molar-refractivity contribution in [3.63, 3.8) is 0 Å². The summed E-state index contributed by atoms with van der Waals surface area (Å²) in [5.74, 6) is 0.112. The van der Waals surface area contributed by atoms with Crippen molar-refractivity contribution in [3.05, 3.63) is 60.3 Å². The van der Waals surface area contributed by atoms with Gasteiger partial charge in [-0.05, 0) is 42.0 Å². The molecule has 2 aromatic carbocycles. The molecular weight excluding hydrogens is 322 g/mol. The Balaban J connectivity index is 1.75. The lowest BCUT2D eigenvalue weighted by Gasteiger charge is -2.14. The summed E-state index contributed by atoms with van der Waals surface area (Å²) in [6, 6.07) is 15.6. The number of imide groups is 1. The number of hydrogen-bond donors (Lipinski definition) is 1. The lowest BCUT2D eigenvalue weighted by molar-refractivity contribution is -0.124. The van der Waals surface area contributed by atoms with E-state index in [-0.39, 0.29) is 16.9 Å². The molecule has 24 heavy (non-hydrogen) atoms. The highest BCUT2D eigenvalue weighted by atomic mass is 32.2. The lowest BCUT2D eigenvalue weighted by Crippen LogP contribution is -2.27. The summed E-state index contributed by atoms with van der Waals surface area (Å²) < 4.78 is 2.07.